The Labute approximate surface area is 170 Å². The number of aliphatic hydroxyl groups excluding tert-OH is 1. The zero-order valence-electron chi connectivity index (χ0n) is 17.1. The van der Waals surface area contributed by atoms with Gasteiger partial charge in [0, 0.05) is 30.9 Å². The standard InChI is InChI=1S/C21H27FN2O5/c1-5-24(16-8-6-15(22)7-9-16)13-17(25)12-23-21(26)14-10-18(27-2)20(29-4)19(11-14)28-3/h6-11,17,25H,5,12-13H2,1-4H3,(H,23,26). The fourth-order valence-electron chi connectivity index (χ4n) is 2.91. The minimum atomic E-state index is -0.814. The molecule has 1 amide bonds. The molecule has 0 heterocycles. The normalized spacial score (nSPS) is 11.5. The second-order valence-electron chi connectivity index (χ2n) is 6.29. The van der Waals surface area contributed by atoms with Gasteiger partial charge in [-0.2, -0.15) is 0 Å². The molecule has 8 heteroatoms. The Balaban J connectivity index is 2.01. The van der Waals surface area contributed by atoms with E-state index in [1.165, 1.54) is 33.5 Å². The summed E-state index contributed by atoms with van der Waals surface area (Å²) in [5, 5.41) is 13.0. The van der Waals surface area contributed by atoms with Crippen LogP contribution in [-0.4, -0.2) is 58.1 Å². The van der Waals surface area contributed by atoms with Gasteiger partial charge in [-0.25, -0.2) is 4.39 Å². The quantitative estimate of drug-likeness (QED) is 0.631. The van der Waals surface area contributed by atoms with E-state index in [0.29, 0.717) is 29.4 Å². The lowest BCUT2D eigenvalue weighted by Crippen LogP contribution is -2.40. The van der Waals surface area contributed by atoms with Gasteiger partial charge >= 0.3 is 0 Å². The molecule has 2 N–H and O–H groups in total. The zero-order valence-corrected chi connectivity index (χ0v) is 17.1. The number of likely N-dealkylation sites (N-methyl/N-ethyl adjacent to an activating group) is 1. The number of hydrogen-bond donors (Lipinski definition) is 2. The number of methoxy groups -OCH3 is 3. The maximum atomic E-state index is 13.1. The first-order valence-corrected chi connectivity index (χ1v) is 9.20. The summed E-state index contributed by atoms with van der Waals surface area (Å²) in [5.41, 5.74) is 1.11. The van der Waals surface area contributed by atoms with E-state index in [4.69, 9.17) is 14.2 Å². The van der Waals surface area contributed by atoms with Gasteiger partial charge in [0.25, 0.3) is 5.91 Å². The summed E-state index contributed by atoms with van der Waals surface area (Å²) >= 11 is 0. The van der Waals surface area contributed by atoms with Crippen molar-refractivity contribution in [2.75, 3.05) is 45.9 Å². The van der Waals surface area contributed by atoms with Gasteiger partial charge in [-0.1, -0.05) is 0 Å². The third kappa shape index (κ3) is 5.74. The van der Waals surface area contributed by atoms with Gasteiger partial charge in [0.05, 0.1) is 27.4 Å². The van der Waals surface area contributed by atoms with Crippen LogP contribution in [0.25, 0.3) is 0 Å². The summed E-state index contributed by atoms with van der Waals surface area (Å²) in [4.78, 5) is 14.4. The zero-order chi connectivity index (χ0) is 21.4. The number of hydrogen-bond acceptors (Lipinski definition) is 6. The number of halogens is 1. The van der Waals surface area contributed by atoms with Gasteiger partial charge < -0.3 is 29.5 Å². The highest BCUT2D eigenvalue weighted by Gasteiger charge is 2.18. The lowest BCUT2D eigenvalue weighted by atomic mass is 10.1. The van der Waals surface area contributed by atoms with Crippen molar-refractivity contribution in [1.82, 2.24) is 5.32 Å². The van der Waals surface area contributed by atoms with Crippen LogP contribution in [0, 0.1) is 5.82 Å². The van der Waals surface area contributed by atoms with E-state index in [-0.39, 0.29) is 24.8 Å². The number of rotatable bonds is 10. The Hall–Kier alpha value is -3.00. The van der Waals surface area contributed by atoms with Gasteiger partial charge in [-0.15, -0.1) is 0 Å². The van der Waals surface area contributed by atoms with Crippen LogP contribution < -0.4 is 24.4 Å². The maximum Gasteiger partial charge on any atom is 0.251 e. The highest BCUT2D eigenvalue weighted by Crippen LogP contribution is 2.38. The summed E-state index contributed by atoms with van der Waals surface area (Å²) in [6.45, 7) is 2.90. The van der Waals surface area contributed by atoms with E-state index in [9.17, 15) is 14.3 Å². The molecule has 0 saturated carbocycles. The number of amides is 1. The van der Waals surface area contributed by atoms with E-state index in [2.05, 4.69) is 5.32 Å². The number of benzene rings is 2. The Bertz CT molecular complexity index is 788. The number of nitrogens with one attached hydrogen (secondary N) is 1. The Kier molecular flexibility index (Phi) is 8.09. The van der Waals surface area contributed by atoms with Gasteiger partial charge in [0.1, 0.15) is 5.82 Å². The van der Waals surface area contributed by atoms with Crippen LogP contribution in [0.3, 0.4) is 0 Å². The van der Waals surface area contributed by atoms with Gasteiger partial charge in [-0.05, 0) is 43.3 Å². The monoisotopic (exact) mass is 406 g/mol. The molecule has 2 rings (SSSR count). The number of ether oxygens (including phenoxy) is 3. The molecule has 1 unspecified atom stereocenters. The Morgan fingerprint density at radius 3 is 2.17 bits per heavy atom. The lowest BCUT2D eigenvalue weighted by molar-refractivity contribution is 0.0918. The van der Waals surface area contributed by atoms with Crippen LogP contribution in [0.4, 0.5) is 10.1 Å². The SMILES string of the molecule is CCN(CC(O)CNC(=O)c1cc(OC)c(OC)c(OC)c1)c1ccc(F)cc1. The van der Waals surface area contributed by atoms with E-state index in [0.717, 1.165) is 5.69 Å². The van der Waals surface area contributed by atoms with Crippen molar-refractivity contribution in [3.63, 3.8) is 0 Å². The molecule has 0 saturated heterocycles. The van der Waals surface area contributed by atoms with Crippen LogP contribution in [0.15, 0.2) is 36.4 Å². The molecular formula is C21H27FN2O5. The number of aliphatic hydroxyl groups is 1. The van der Waals surface area contributed by atoms with Crippen molar-refractivity contribution in [2.45, 2.75) is 13.0 Å². The van der Waals surface area contributed by atoms with Crippen molar-refractivity contribution in [3.8, 4) is 17.2 Å². The third-order valence-electron chi connectivity index (χ3n) is 4.43. The number of carbonyl (C=O) groups excluding carboxylic acids is 1. The first-order valence-electron chi connectivity index (χ1n) is 9.20. The number of anilines is 1. The summed E-state index contributed by atoms with van der Waals surface area (Å²) in [6, 6.07) is 9.13. The molecular weight excluding hydrogens is 379 g/mol. The van der Waals surface area contributed by atoms with Crippen LogP contribution >= 0.6 is 0 Å². The van der Waals surface area contributed by atoms with Crippen LogP contribution in [0.5, 0.6) is 17.2 Å². The molecule has 0 aromatic heterocycles. The molecule has 0 aliphatic carbocycles. The van der Waals surface area contributed by atoms with Gasteiger partial charge in [0.2, 0.25) is 5.75 Å². The van der Waals surface area contributed by atoms with Crippen LogP contribution in [0.2, 0.25) is 0 Å². The molecule has 7 nitrogen and oxygen atoms in total. The molecule has 29 heavy (non-hydrogen) atoms. The van der Waals surface area contributed by atoms with Crippen molar-refractivity contribution < 1.29 is 28.5 Å². The first kappa shape index (κ1) is 22.3. The largest absolute Gasteiger partial charge is 0.493 e. The molecule has 0 spiro atoms. The summed E-state index contributed by atoms with van der Waals surface area (Å²) in [5.74, 6) is 0.428. The minimum absolute atomic E-state index is 0.0488. The van der Waals surface area contributed by atoms with Crippen LogP contribution in [0.1, 0.15) is 17.3 Å². The molecule has 0 bridgehead atoms. The predicted molar refractivity (Wildman–Crippen MR) is 109 cm³/mol. The van der Waals surface area contributed by atoms with E-state index in [1.54, 1.807) is 24.3 Å². The Morgan fingerprint density at radius 2 is 1.69 bits per heavy atom. The van der Waals surface area contributed by atoms with E-state index >= 15 is 0 Å². The second-order valence-corrected chi connectivity index (χ2v) is 6.29. The molecule has 2 aromatic carbocycles. The van der Waals surface area contributed by atoms with Crippen molar-refractivity contribution in [1.29, 1.82) is 0 Å². The van der Waals surface area contributed by atoms with E-state index < -0.39 is 6.10 Å². The Morgan fingerprint density at radius 1 is 1.10 bits per heavy atom. The summed E-state index contributed by atoms with van der Waals surface area (Å²) in [7, 11) is 4.42. The fraction of sp³-hybridized carbons (Fsp3) is 0.381. The molecule has 1 atom stereocenters. The molecule has 0 radical (unpaired) electrons. The van der Waals surface area contributed by atoms with Crippen molar-refractivity contribution in [3.05, 3.63) is 47.8 Å². The molecule has 0 aliphatic heterocycles. The first-order chi connectivity index (χ1) is 13.9. The lowest BCUT2D eigenvalue weighted by Gasteiger charge is -2.26. The number of nitrogens with zero attached hydrogens (tertiary/aromatic N) is 1. The maximum absolute atomic E-state index is 13.1. The fourth-order valence-corrected chi connectivity index (χ4v) is 2.91. The molecule has 2 aromatic rings. The van der Waals surface area contributed by atoms with Crippen molar-refractivity contribution >= 4 is 11.6 Å². The third-order valence-corrected chi connectivity index (χ3v) is 4.43. The van der Waals surface area contributed by atoms with Gasteiger partial charge in [-0.3, -0.25) is 4.79 Å². The highest BCUT2D eigenvalue weighted by molar-refractivity contribution is 5.95. The second kappa shape index (κ2) is 10.5. The summed E-state index contributed by atoms with van der Waals surface area (Å²) < 4.78 is 28.9. The highest BCUT2D eigenvalue weighted by atomic mass is 19.1. The summed E-state index contributed by atoms with van der Waals surface area (Å²) in [6.07, 6.45) is -0.814. The van der Waals surface area contributed by atoms with Crippen LogP contribution in [-0.2, 0) is 0 Å². The molecule has 0 fully saturated rings. The van der Waals surface area contributed by atoms with E-state index in [1.807, 2.05) is 11.8 Å². The smallest absolute Gasteiger partial charge is 0.251 e. The number of carbonyl (C=O) groups is 1. The average molecular weight is 406 g/mol. The molecule has 158 valence electrons. The minimum Gasteiger partial charge on any atom is -0.493 e. The molecule has 0 aliphatic rings. The predicted octanol–water partition coefficient (Wildman–Crippen LogP) is 2.47. The average Bonchev–Trinajstić information content (AvgIpc) is 2.75. The van der Waals surface area contributed by atoms with Gasteiger partial charge in [0.15, 0.2) is 11.5 Å². The topological polar surface area (TPSA) is 80.3 Å². The van der Waals surface area contributed by atoms with Crippen molar-refractivity contribution in [2.24, 2.45) is 0 Å².